The molecule has 548 valence electrons. The lowest BCUT2D eigenvalue weighted by molar-refractivity contribution is -0.161. The van der Waals surface area contributed by atoms with Crippen molar-refractivity contribution >= 4 is 28.4 Å². The average Bonchev–Trinajstić information content (AvgIpc) is 0.726. The van der Waals surface area contributed by atoms with E-state index in [2.05, 4.69) is 61.3 Å². The summed E-state index contributed by atoms with van der Waals surface area (Å²) < 4.78 is 11.3. The third-order valence-corrected chi connectivity index (χ3v) is 31.4. The zero-order valence-electron chi connectivity index (χ0n) is 62.5. The number of carboxylic acid groups (broad SMARTS) is 1. The number of likely N-dealkylation sites (N-methyl/N-ethyl adjacent to an activating group) is 1. The number of hydrogen-bond donors (Lipinski definition) is 6. The van der Waals surface area contributed by atoms with Crippen LogP contribution in [0.5, 0.6) is 5.75 Å². The largest absolute Gasteiger partial charge is 0.496 e. The number of ether oxygens (including phenoxy) is 2. The van der Waals surface area contributed by atoms with E-state index in [-0.39, 0.29) is 40.8 Å². The molecule has 1 amide bonds. The lowest BCUT2D eigenvalue weighted by Gasteiger charge is -2.64. The number of carbonyl (C=O) groups excluding carboxylic acids is 2. The molecule has 0 spiro atoms. The van der Waals surface area contributed by atoms with Crippen molar-refractivity contribution in [2.45, 2.75) is 279 Å². The van der Waals surface area contributed by atoms with E-state index in [0.717, 1.165) is 132 Å². The van der Waals surface area contributed by atoms with Crippen LogP contribution >= 0.6 is 0 Å². The number of rotatable bonds is 11. The van der Waals surface area contributed by atoms with Gasteiger partial charge in [0.05, 0.1) is 24.9 Å². The van der Waals surface area contributed by atoms with Crippen molar-refractivity contribution in [1.82, 2.24) is 10.2 Å². The van der Waals surface area contributed by atoms with Gasteiger partial charge >= 0.3 is 5.97 Å². The van der Waals surface area contributed by atoms with Gasteiger partial charge in [-0.1, -0.05) is 38.1 Å². The molecule has 12 heteroatoms. The minimum Gasteiger partial charge on any atom is -0.496 e. The van der Waals surface area contributed by atoms with Gasteiger partial charge in [-0.2, -0.15) is 0 Å². The summed E-state index contributed by atoms with van der Waals surface area (Å²) in [5.74, 6) is 14.3. The van der Waals surface area contributed by atoms with Gasteiger partial charge in [0.15, 0.2) is 0 Å². The zero-order chi connectivity index (χ0) is 69.5. The monoisotopic (exact) mass is 1370 g/mol. The second-order valence-electron chi connectivity index (χ2n) is 41.1. The van der Waals surface area contributed by atoms with Crippen LogP contribution in [-0.2, 0) is 19.7 Å². The predicted molar refractivity (Wildman–Crippen MR) is 398 cm³/mol. The van der Waals surface area contributed by atoms with Gasteiger partial charge in [0.25, 0.3) is 0 Å². The first-order valence-corrected chi connectivity index (χ1v) is 41.1. The zero-order valence-corrected chi connectivity index (χ0v) is 62.5. The molecular formula is C88H129N5O7. The van der Waals surface area contributed by atoms with E-state index in [0.29, 0.717) is 51.7 Å². The molecular weight excluding hydrogens is 1240 g/mol. The van der Waals surface area contributed by atoms with Gasteiger partial charge in [0.2, 0.25) is 5.91 Å². The van der Waals surface area contributed by atoms with E-state index in [1.54, 1.807) is 19.2 Å². The Labute approximate surface area is 600 Å². The first-order chi connectivity index (χ1) is 47.6. The summed E-state index contributed by atoms with van der Waals surface area (Å²) in [7, 11) is 5.83. The number of carbonyl (C=O) groups is 3. The van der Waals surface area contributed by atoms with Crippen LogP contribution in [0.15, 0.2) is 54.6 Å². The van der Waals surface area contributed by atoms with Crippen molar-refractivity contribution < 1.29 is 34.1 Å². The van der Waals surface area contributed by atoms with E-state index in [1.807, 2.05) is 26.2 Å². The van der Waals surface area contributed by atoms with Crippen LogP contribution in [0.4, 0.5) is 0 Å². The molecule has 5 unspecified atom stereocenters. The highest BCUT2D eigenvalue weighted by Crippen LogP contribution is 2.67. The molecule has 0 aliphatic heterocycles. The Hall–Kier alpha value is -3.91. The summed E-state index contributed by atoms with van der Waals surface area (Å²) >= 11 is 0. The number of ketones is 1. The second-order valence-corrected chi connectivity index (χ2v) is 41.1. The molecule has 24 aliphatic rings. The lowest BCUT2D eigenvalue weighted by Crippen LogP contribution is -2.62. The first kappa shape index (κ1) is 70.4. The third-order valence-electron chi connectivity index (χ3n) is 31.4. The molecule has 3 aromatic carbocycles. The number of nitrogens with two attached hydrogens (primary N) is 3. The molecule has 0 heterocycles. The summed E-state index contributed by atoms with van der Waals surface area (Å²) in [5, 5.41) is 24.7. The highest BCUT2D eigenvalue weighted by molar-refractivity contribution is 5.96. The van der Waals surface area contributed by atoms with Gasteiger partial charge in [0.1, 0.15) is 18.1 Å². The normalized spacial score (nSPS) is 45.6. The summed E-state index contributed by atoms with van der Waals surface area (Å²) in [6.45, 7) is 8.89. The van der Waals surface area contributed by atoms with Crippen LogP contribution in [0.1, 0.15) is 261 Å². The number of aromatic carboxylic acids is 1. The standard InChI is InChI=1S/C28H28O3.C16H28N2O2.2C12H21N.C10H17N.C10H14O2/c1-31-26-7-6-23(21-2-3-22-12-24(27(29)30)5-4-20(22)11-21)13-25(26)28-14-17-8-18(15-28)10-19(9-17)16-28;1-18(2)3-4-20-11-15(19)17-16-8-12-5-13(9-16)7-14(6-12)10-16;1-10-3-9-4-11(2,6-10)8-12(13,5-9)7-10;1-8(13)12-5-9-2-10(6-12)4-11(3-9)7-12;11-10-4-7-1-8(5-10)3-9(2-7)6-10;11-9-7-1-6-2-8(9)5-10(12,3-6)4-7/h2-7,11-13,17-19H,8-10,14-16H2,1H3,(H,29,30);12-14H,3-11H2,1-2H3,(H,17,19);9H,3-8,13H2,1-2H3;8-11H,2-7,13H2,1H3;7-9H,1-6,11H2;6-8,12H,1-5H2. The summed E-state index contributed by atoms with van der Waals surface area (Å²) in [6.07, 6.45) is 46.5. The van der Waals surface area contributed by atoms with E-state index >= 15 is 0 Å². The number of nitrogens with zero attached hydrogens (tertiary/aromatic N) is 1. The number of carboxylic acids is 1. The van der Waals surface area contributed by atoms with Crippen LogP contribution in [0.3, 0.4) is 0 Å². The van der Waals surface area contributed by atoms with Crippen molar-refractivity contribution in [3.8, 4) is 16.9 Å². The Bertz CT molecular complexity index is 3320. The van der Waals surface area contributed by atoms with Crippen LogP contribution in [0.2, 0.25) is 0 Å². The van der Waals surface area contributed by atoms with Gasteiger partial charge < -0.3 is 47.1 Å². The Balaban J connectivity index is 0.0000000979. The lowest BCUT2D eigenvalue weighted by atomic mass is 9.43. The number of benzene rings is 3. The summed E-state index contributed by atoms with van der Waals surface area (Å²) in [5.41, 5.74) is 25.4. The third kappa shape index (κ3) is 14.5. The minimum atomic E-state index is -0.888. The van der Waals surface area contributed by atoms with E-state index in [9.17, 15) is 24.6 Å². The predicted octanol–water partition coefficient (Wildman–Crippen LogP) is 16.6. The molecule has 0 aromatic heterocycles. The fourth-order valence-electron chi connectivity index (χ4n) is 30.5. The van der Waals surface area contributed by atoms with E-state index in [1.165, 1.54) is 209 Å². The Morgan fingerprint density at radius 3 is 1.43 bits per heavy atom. The van der Waals surface area contributed by atoms with Crippen LogP contribution in [0.25, 0.3) is 21.9 Å². The molecule has 9 N–H and O–H groups in total. The molecule has 24 aliphatic carbocycles. The molecule has 27 rings (SSSR count). The Kier molecular flexibility index (Phi) is 18.7. The van der Waals surface area contributed by atoms with Crippen molar-refractivity contribution in [3.05, 3.63) is 65.7 Å². The van der Waals surface area contributed by atoms with Crippen LogP contribution in [-0.4, -0.2) is 102 Å². The van der Waals surface area contributed by atoms with E-state index < -0.39 is 11.6 Å². The fourth-order valence-corrected chi connectivity index (χ4v) is 30.5. The first-order valence-electron chi connectivity index (χ1n) is 41.1. The van der Waals surface area contributed by atoms with Gasteiger partial charge in [-0.25, -0.2) is 4.79 Å². The molecule has 12 nitrogen and oxygen atoms in total. The number of aliphatic hydroxyl groups is 1. The van der Waals surface area contributed by atoms with Crippen molar-refractivity contribution in [1.29, 1.82) is 0 Å². The summed E-state index contributed by atoms with van der Waals surface area (Å²) in [4.78, 5) is 37.1. The van der Waals surface area contributed by atoms with Crippen LogP contribution < -0.4 is 27.3 Å². The average molecular weight is 1370 g/mol. The topological polar surface area (TPSA) is 203 Å². The SMILES string of the molecule is CC(N)C12CC3CC(CC(C3)C1)C2.CC12CC3CC(C)(C1)CC(N)(C3)C2.CN(C)CCOCC(=O)NC12CC3CC(CC(C3)C1)C2.COc1ccc(-c2ccc3cc(C(=O)O)ccc3c2)cc1C12CC3CC(CC(C3)C1)C2.NC12CC3CC(CC(C3)C1)C2.O=C1C2CC3CC1CC(O)(C3)C2. The highest BCUT2D eigenvalue weighted by atomic mass is 16.5. The van der Waals surface area contributed by atoms with Gasteiger partial charge in [-0.3, -0.25) is 9.59 Å². The smallest absolute Gasteiger partial charge is 0.335 e. The fraction of sp³-hybridized carbons (Fsp3) is 0.784. The van der Waals surface area contributed by atoms with Gasteiger partial charge in [-0.15, -0.1) is 0 Å². The molecule has 5 atom stereocenters. The van der Waals surface area contributed by atoms with Crippen LogP contribution in [0, 0.1) is 111 Å². The van der Waals surface area contributed by atoms with Crippen molar-refractivity contribution in [3.63, 3.8) is 0 Å². The number of methoxy groups -OCH3 is 1. The second kappa shape index (κ2) is 26.5. The quantitative estimate of drug-likeness (QED) is 0.0997. The highest BCUT2D eigenvalue weighted by Gasteiger charge is 2.60. The van der Waals surface area contributed by atoms with Gasteiger partial charge in [0, 0.05) is 46.6 Å². The molecule has 24 bridgehead atoms. The van der Waals surface area contributed by atoms with Crippen molar-refractivity contribution in [2.24, 2.45) is 128 Å². The maximum Gasteiger partial charge on any atom is 0.335 e. The molecule has 24 fully saturated rings. The summed E-state index contributed by atoms with van der Waals surface area (Å²) in [6, 6.07) is 18.8. The number of amides is 1. The Morgan fingerprint density at radius 2 is 0.980 bits per heavy atom. The maximum absolute atomic E-state index is 12.1. The minimum absolute atomic E-state index is 0.0886. The van der Waals surface area contributed by atoms with Crippen molar-refractivity contribution in [2.75, 3.05) is 41.0 Å². The number of fused-ring (bicyclic) bond motifs is 1. The molecule has 0 radical (unpaired) electrons. The molecule has 3 aromatic rings. The maximum atomic E-state index is 12.1. The number of nitrogens with one attached hydrogen (secondary N) is 1. The Morgan fingerprint density at radius 1 is 0.540 bits per heavy atom. The molecule has 0 saturated heterocycles. The molecule has 24 saturated carbocycles. The van der Waals surface area contributed by atoms with E-state index in [4.69, 9.17) is 26.7 Å². The molecule has 100 heavy (non-hydrogen) atoms. The number of hydrogen-bond acceptors (Lipinski definition) is 10. The number of Topliss-reactive ketones (excluding diaryl/α,β-unsaturated/α-hetero) is 1. The van der Waals surface area contributed by atoms with Gasteiger partial charge in [-0.05, 0) is 402 Å².